The van der Waals surface area contributed by atoms with Gasteiger partial charge in [-0.2, -0.15) is 0 Å². The van der Waals surface area contributed by atoms with Crippen molar-refractivity contribution in [1.29, 1.82) is 0 Å². The number of para-hydroxylation sites is 2. The standard InChI is InChI=1S/C16H14N2O/c19-16(17-13-7-2-1-3-8-13)15-11-10-12-6-4-5-9-14(12)18-15/h1-9,11,18H,10H2,(H,17,19). The summed E-state index contributed by atoms with van der Waals surface area (Å²) in [4.78, 5) is 12.1. The van der Waals surface area contributed by atoms with Gasteiger partial charge < -0.3 is 10.6 Å². The molecule has 3 heteroatoms. The lowest BCUT2D eigenvalue weighted by Crippen LogP contribution is -2.22. The normalized spacial score (nSPS) is 12.9. The van der Waals surface area contributed by atoms with Crippen molar-refractivity contribution in [1.82, 2.24) is 0 Å². The second-order valence-corrected chi connectivity index (χ2v) is 4.42. The summed E-state index contributed by atoms with van der Waals surface area (Å²) in [5.41, 5.74) is 3.61. The van der Waals surface area contributed by atoms with Gasteiger partial charge >= 0.3 is 0 Å². The zero-order chi connectivity index (χ0) is 13.1. The van der Waals surface area contributed by atoms with E-state index in [0.29, 0.717) is 5.70 Å². The van der Waals surface area contributed by atoms with Gasteiger partial charge in [0.2, 0.25) is 0 Å². The number of nitrogens with one attached hydrogen (secondary N) is 2. The molecule has 2 aromatic carbocycles. The molecular formula is C16H14N2O. The Kier molecular flexibility index (Phi) is 3.02. The van der Waals surface area contributed by atoms with Crippen LogP contribution in [0.25, 0.3) is 0 Å². The van der Waals surface area contributed by atoms with E-state index >= 15 is 0 Å². The summed E-state index contributed by atoms with van der Waals surface area (Å²) in [5, 5.41) is 6.04. The van der Waals surface area contributed by atoms with Crippen LogP contribution in [0.3, 0.4) is 0 Å². The fraction of sp³-hybridized carbons (Fsp3) is 0.0625. The second kappa shape index (κ2) is 4.98. The van der Waals surface area contributed by atoms with Crippen LogP contribution in [0.1, 0.15) is 5.56 Å². The molecule has 0 aliphatic carbocycles. The highest BCUT2D eigenvalue weighted by molar-refractivity contribution is 6.06. The minimum atomic E-state index is -0.110. The molecule has 1 aliphatic heterocycles. The largest absolute Gasteiger partial charge is 0.351 e. The molecule has 0 saturated carbocycles. The van der Waals surface area contributed by atoms with Crippen molar-refractivity contribution in [2.45, 2.75) is 6.42 Å². The summed E-state index contributed by atoms with van der Waals surface area (Å²) in [7, 11) is 0. The molecule has 0 unspecified atom stereocenters. The van der Waals surface area contributed by atoms with Gasteiger partial charge in [-0.1, -0.05) is 42.5 Å². The van der Waals surface area contributed by atoms with E-state index in [1.165, 1.54) is 5.56 Å². The third kappa shape index (κ3) is 2.50. The molecule has 0 aromatic heterocycles. The van der Waals surface area contributed by atoms with Gasteiger partial charge in [-0.25, -0.2) is 0 Å². The third-order valence-electron chi connectivity index (χ3n) is 3.09. The predicted molar refractivity (Wildman–Crippen MR) is 76.9 cm³/mol. The lowest BCUT2D eigenvalue weighted by molar-refractivity contribution is -0.112. The summed E-state index contributed by atoms with van der Waals surface area (Å²) >= 11 is 0. The van der Waals surface area contributed by atoms with Crippen molar-refractivity contribution in [2.75, 3.05) is 10.6 Å². The van der Waals surface area contributed by atoms with E-state index in [-0.39, 0.29) is 5.91 Å². The molecule has 19 heavy (non-hydrogen) atoms. The van der Waals surface area contributed by atoms with E-state index in [9.17, 15) is 4.79 Å². The molecule has 0 atom stereocenters. The molecule has 1 amide bonds. The van der Waals surface area contributed by atoms with Gasteiger partial charge in [0, 0.05) is 11.4 Å². The van der Waals surface area contributed by atoms with Crippen molar-refractivity contribution < 1.29 is 4.79 Å². The number of benzene rings is 2. The van der Waals surface area contributed by atoms with E-state index in [2.05, 4.69) is 16.7 Å². The van der Waals surface area contributed by atoms with Crippen LogP contribution in [-0.2, 0) is 11.2 Å². The summed E-state index contributed by atoms with van der Waals surface area (Å²) < 4.78 is 0. The van der Waals surface area contributed by atoms with Crippen LogP contribution in [0.4, 0.5) is 11.4 Å². The van der Waals surface area contributed by atoms with Gasteiger partial charge in [-0.15, -0.1) is 0 Å². The lowest BCUT2D eigenvalue weighted by Gasteiger charge is -2.18. The average Bonchev–Trinajstić information content (AvgIpc) is 2.48. The van der Waals surface area contributed by atoms with Crippen LogP contribution in [-0.4, -0.2) is 5.91 Å². The lowest BCUT2D eigenvalue weighted by atomic mass is 10.0. The van der Waals surface area contributed by atoms with Crippen molar-refractivity contribution in [3.63, 3.8) is 0 Å². The zero-order valence-corrected chi connectivity index (χ0v) is 10.4. The van der Waals surface area contributed by atoms with Gasteiger partial charge in [0.1, 0.15) is 5.70 Å². The molecule has 1 aliphatic rings. The minimum Gasteiger partial charge on any atom is -0.351 e. The van der Waals surface area contributed by atoms with Crippen LogP contribution in [0.15, 0.2) is 66.4 Å². The van der Waals surface area contributed by atoms with Crippen LogP contribution in [0.5, 0.6) is 0 Å². The van der Waals surface area contributed by atoms with E-state index in [1.807, 2.05) is 54.6 Å². The minimum absolute atomic E-state index is 0.110. The van der Waals surface area contributed by atoms with Crippen molar-refractivity contribution in [3.8, 4) is 0 Å². The smallest absolute Gasteiger partial charge is 0.271 e. The van der Waals surface area contributed by atoms with Gasteiger partial charge in [0.05, 0.1) is 0 Å². The Morgan fingerprint density at radius 1 is 1.00 bits per heavy atom. The summed E-state index contributed by atoms with van der Waals surface area (Å²) in [5.74, 6) is -0.110. The summed E-state index contributed by atoms with van der Waals surface area (Å²) in [6.45, 7) is 0. The molecule has 0 fully saturated rings. The molecule has 0 bridgehead atoms. The SMILES string of the molecule is O=C(Nc1ccccc1)C1=CCc2ccccc2N1. The maximum atomic E-state index is 12.1. The quantitative estimate of drug-likeness (QED) is 0.859. The first kappa shape index (κ1) is 11.5. The fourth-order valence-corrected chi connectivity index (χ4v) is 2.10. The molecular weight excluding hydrogens is 236 g/mol. The highest BCUT2D eigenvalue weighted by atomic mass is 16.2. The summed E-state index contributed by atoms with van der Waals surface area (Å²) in [6, 6.07) is 17.5. The first-order valence-electron chi connectivity index (χ1n) is 6.24. The first-order chi connectivity index (χ1) is 9.33. The van der Waals surface area contributed by atoms with Gasteiger partial charge in [-0.3, -0.25) is 4.79 Å². The Labute approximate surface area is 112 Å². The highest BCUT2D eigenvalue weighted by Gasteiger charge is 2.15. The average molecular weight is 250 g/mol. The Hall–Kier alpha value is -2.55. The predicted octanol–water partition coefficient (Wildman–Crippen LogP) is 3.18. The maximum absolute atomic E-state index is 12.1. The van der Waals surface area contributed by atoms with Crippen LogP contribution < -0.4 is 10.6 Å². The number of amides is 1. The van der Waals surface area contributed by atoms with Crippen molar-refractivity contribution >= 4 is 17.3 Å². The molecule has 0 radical (unpaired) electrons. The Balaban J connectivity index is 1.74. The number of carbonyl (C=O) groups is 1. The first-order valence-corrected chi connectivity index (χ1v) is 6.24. The van der Waals surface area contributed by atoms with Gasteiger partial charge in [-0.05, 0) is 30.2 Å². The number of fused-ring (bicyclic) bond motifs is 1. The zero-order valence-electron chi connectivity index (χ0n) is 10.4. The van der Waals surface area contributed by atoms with Crippen LogP contribution in [0, 0.1) is 0 Å². The Bertz CT molecular complexity index is 632. The van der Waals surface area contributed by atoms with Crippen LogP contribution >= 0.6 is 0 Å². The maximum Gasteiger partial charge on any atom is 0.271 e. The molecule has 94 valence electrons. The number of anilines is 2. The van der Waals surface area contributed by atoms with Crippen molar-refractivity contribution in [2.24, 2.45) is 0 Å². The van der Waals surface area contributed by atoms with E-state index < -0.39 is 0 Å². The number of rotatable bonds is 2. The number of hydrogen-bond acceptors (Lipinski definition) is 2. The Morgan fingerprint density at radius 2 is 1.74 bits per heavy atom. The molecule has 2 aromatic rings. The van der Waals surface area contributed by atoms with E-state index in [4.69, 9.17) is 0 Å². The van der Waals surface area contributed by atoms with Gasteiger partial charge in [0.25, 0.3) is 5.91 Å². The highest BCUT2D eigenvalue weighted by Crippen LogP contribution is 2.23. The third-order valence-corrected chi connectivity index (χ3v) is 3.09. The van der Waals surface area contributed by atoms with Crippen molar-refractivity contribution in [3.05, 3.63) is 71.9 Å². The number of hydrogen-bond donors (Lipinski definition) is 2. The molecule has 3 rings (SSSR count). The molecule has 2 N–H and O–H groups in total. The molecule has 0 spiro atoms. The fourth-order valence-electron chi connectivity index (χ4n) is 2.10. The van der Waals surface area contributed by atoms with E-state index in [1.54, 1.807) is 0 Å². The topological polar surface area (TPSA) is 41.1 Å². The number of carbonyl (C=O) groups excluding carboxylic acids is 1. The molecule has 0 saturated heterocycles. The monoisotopic (exact) mass is 250 g/mol. The summed E-state index contributed by atoms with van der Waals surface area (Å²) in [6.07, 6.45) is 2.70. The second-order valence-electron chi connectivity index (χ2n) is 4.42. The Morgan fingerprint density at radius 3 is 2.58 bits per heavy atom. The van der Waals surface area contributed by atoms with Gasteiger partial charge in [0.15, 0.2) is 0 Å². The van der Waals surface area contributed by atoms with Crippen LogP contribution in [0.2, 0.25) is 0 Å². The molecule has 3 nitrogen and oxygen atoms in total. The molecule has 1 heterocycles. The number of allylic oxidation sites excluding steroid dienone is 1. The van der Waals surface area contributed by atoms with E-state index in [0.717, 1.165) is 17.8 Å².